The Balaban J connectivity index is 1.41. The highest BCUT2D eigenvalue weighted by Gasteiger charge is 2.46. The van der Waals surface area contributed by atoms with E-state index in [2.05, 4.69) is 18.1 Å². The van der Waals surface area contributed by atoms with Crippen molar-refractivity contribution >= 4 is 6.08 Å². The quantitative estimate of drug-likeness (QED) is 0.610. The van der Waals surface area contributed by atoms with Gasteiger partial charge in [-0.05, 0) is 90.6 Å². The van der Waals surface area contributed by atoms with E-state index in [1.54, 1.807) is 24.3 Å². The maximum Gasteiger partial charge on any atom is 0.123 e. The second-order valence-electron chi connectivity index (χ2n) is 8.75. The molecule has 0 radical (unpaired) electrons. The Bertz CT molecular complexity index is 1100. The zero-order valence-electron chi connectivity index (χ0n) is 16.9. The molecule has 1 fully saturated rings. The van der Waals surface area contributed by atoms with Gasteiger partial charge in [0.05, 0.1) is 23.7 Å². The molecule has 1 heterocycles. The van der Waals surface area contributed by atoms with Crippen LogP contribution in [-0.2, 0) is 6.42 Å². The second-order valence-corrected chi connectivity index (χ2v) is 8.75. The van der Waals surface area contributed by atoms with Crippen LogP contribution >= 0.6 is 0 Å². The average molecular weight is 406 g/mol. The van der Waals surface area contributed by atoms with Gasteiger partial charge in [-0.2, -0.15) is 5.10 Å². The largest absolute Gasteiger partial charge is 0.388 e. The molecule has 3 atom stereocenters. The summed E-state index contributed by atoms with van der Waals surface area (Å²) in [5, 5.41) is 15.3. The highest BCUT2D eigenvalue weighted by atomic mass is 19.1. The van der Waals surface area contributed by atoms with Crippen molar-refractivity contribution in [3.05, 3.63) is 88.8 Å². The van der Waals surface area contributed by atoms with Gasteiger partial charge in [-0.25, -0.2) is 13.5 Å². The van der Waals surface area contributed by atoms with Crippen LogP contribution in [0.2, 0.25) is 0 Å². The Morgan fingerprint density at radius 3 is 2.47 bits per heavy atom. The van der Waals surface area contributed by atoms with Crippen molar-refractivity contribution in [2.24, 2.45) is 11.3 Å². The number of aliphatic hydroxyl groups is 1. The highest BCUT2D eigenvalue weighted by molar-refractivity contribution is 5.61. The van der Waals surface area contributed by atoms with Gasteiger partial charge >= 0.3 is 0 Å². The maximum atomic E-state index is 13.3. The molecule has 5 rings (SSSR count). The lowest BCUT2D eigenvalue weighted by Crippen LogP contribution is -2.30. The van der Waals surface area contributed by atoms with Gasteiger partial charge in [0.25, 0.3) is 0 Å². The van der Waals surface area contributed by atoms with Crippen LogP contribution in [0.5, 0.6) is 0 Å². The second kappa shape index (κ2) is 7.17. The molecule has 2 aromatic carbocycles. The van der Waals surface area contributed by atoms with E-state index in [0.29, 0.717) is 12.3 Å². The Hall–Kier alpha value is -2.79. The smallest absolute Gasteiger partial charge is 0.123 e. The van der Waals surface area contributed by atoms with E-state index >= 15 is 0 Å². The van der Waals surface area contributed by atoms with E-state index in [0.717, 1.165) is 36.2 Å². The average Bonchev–Trinajstić information content (AvgIpc) is 3.27. The molecule has 1 N–H and O–H groups in total. The summed E-state index contributed by atoms with van der Waals surface area (Å²) in [5.74, 6) is -0.211. The van der Waals surface area contributed by atoms with Crippen molar-refractivity contribution < 1.29 is 13.9 Å². The lowest BCUT2D eigenvalue weighted by atomic mass is 9.68. The molecule has 154 valence electrons. The van der Waals surface area contributed by atoms with Crippen molar-refractivity contribution in [1.29, 1.82) is 0 Å². The van der Waals surface area contributed by atoms with Gasteiger partial charge in [-0.3, -0.25) is 0 Å². The fraction of sp³-hybridized carbons (Fsp3) is 0.320. The molecule has 3 nitrogen and oxygen atoms in total. The molecule has 0 amide bonds. The molecule has 2 aliphatic rings. The molecule has 0 saturated heterocycles. The predicted octanol–water partition coefficient (Wildman–Crippen LogP) is 5.63. The van der Waals surface area contributed by atoms with Gasteiger partial charge in [0, 0.05) is 0 Å². The van der Waals surface area contributed by atoms with Crippen LogP contribution in [-0.4, -0.2) is 14.9 Å². The van der Waals surface area contributed by atoms with Gasteiger partial charge in [0.1, 0.15) is 11.6 Å². The first-order valence-corrected chi connectivity index (χ1v) is 10.4. The summed E-state index contributed by atoms with van der Waals surface area (Å²) in [6.07, 6.45) is 7.08. The predicted molar refractivity (Wildman–Crippen MR) is 112 cm³/mol. The zero-order chi connectivity index (χ0) is 20.9. The zero-order valence-corrected chi connectivity index (χ0v) is 16.9. The molecule has 30 heavy (non-hydrogen) atoms. The van der Waals surface area contributed by atoms with Gasteiger partial charge in [0.2, 0.25) is 0 Å². The number of aromatic nitrogens is 2. The van der Waals surface area contributed by atoms with E-state index in [1.165, 1.54) is 35.4 Å². The fourth-order valence-electron chi connectivity index (χ4n) is 5.19. The topological polar surface area (TPSA) is 38.0 Å². The minimum atomic E-state index is -0.602. The Morgan fingerprint density at radius 2 is 1.77 bits per heavy atom. The third-order valence-electron chi connectivity index (χ3n) is 6.99. The third kappa shape index (κ3) is 3.18. The van der Waals surface area contributed by atoms with Crippen molar-refractivity contribution in [2.45, 2.75) is 38.7 Å². The molecule has 5 heteroatoms. The van der Waals surface area contributed by atoms with Crippen molar-refractivity contribution in [1.82, 2.24) is 9.78 Å². The summed E-state index contributed by atoms with van der Waals surface area (Å²) in [6.45, 7) is 2.28. The van der Waals surface area contributed by atoms with Crippen LogP contribution in [0.15, 0.2) is 60.3 Å². The van der Waals surface area contributed by atoms with E-state index in [1.807, 2.05) is 10.9 Å². The van der Waals surface area contributed by atoms with E-state index in [-0.39, 0.29) is 17.0 Å². The summed E-state index contributed by atoms with van der Waals surface area (Å²) >= 11 is 0. The van der Waals surface area contributed by atoms with Gasteiger partial charge in [0.15, 0.2) is 0 Å². The van der Waals surface area contributed by atoms with Crippen LogP contribution in [0.1, 0.15) is 49.1 Å². The molecule has 2 aliphatic carbocycles. The van der Waals surface area contributed by atoms with Crippen molar-refractivity contribution in [3.63, 3.8) is 0 Å². The lowest BCUT2D eigenvalue weighted by Gasteiger charge is -2.37. The van der Waals surface area contributed by atoms with Gasteiger partial charge in [-0.15, -0.1) is 0 Å². The number of aliphatic hydroxyl groups excluding tert-OH is 1. The Labute approximate surface area is 174 Å². The minimum absolute atomic E-state index is 0.0231. The summed E-state index contributed by atoms with van der Waals surface area (Å²) in [6, 6.07) is 12.5. The number of fused-ring (bicyclic) bond motifs is 2. The van der Waals surface area contributed by atoms with E-state index in [9.17, 15) is 13.9 Å². The van der Waals surface area contributed by atoms with Crippen LogP contribution in [0.25, 0.3) is 11.8 Å². The van der Waals surface area contributed by atoms with Crippen LogP contribution in [0, 0.1) is 23.0 Å². The number of allylic oxidation sites excluding steroid dienone is 1. The Kier molecular flexibility index (Phi) is 4.58. The number of hydrogen-bond donors (Lipinski definition) is 1. The first-order valence-electron chi connectivity index (χ1n) is 10.4. The van der Waals surface area contributed by atoms with Crippen LogP contribution in [0.3, 0.4) is 0 Å². The molecular weight excluding hydrogens is 382 g/mol. The summed E-state index contributed by atoms with van der Waals surface area (Å²) in [5.41, 5.74) is 5.21. The fourth-order valence-corrected chi connectivity index (χ4v) is 5.19. The van der Waals surface area contributed by atoms with Gasteiger partial charge in [-0.1, -0.05) is 24.6 Å². The summed E-state index contributed by atoms with van der Waals surface area (Å²) in [4.78, 5) is 0. The van der Waals surface area contributed by atoms with Crippen molar-refractivity contribution in [2.75, 3.05) is 0 Å². The summed E-state index contributed by atoms with van der Waals surface area (Å²) < 4.78 is 28.4. The molecule has 1 aromatic heterocycles. The number of rotatable bonds is 4. The molecule has 0 spiro atoms. The van der Waals surface area contributed by atoms with E-state index in [4.69, 9.17) is 0 Å². The van der Waals surface area contributed by atoms with Crippen LogP contribution in [0.4, 0.5) is 8.78 Å². The first-order chi connectivity index (χ1) is 14.4. The molecule has 0 unspecified atom stereocenters. The van der Waals surface area contributed by atoms with E-state index < -0.39 is 6.10 Å². The normalized spacial score (nSPS) is 23.6. The molecule has 0 bridgehead atoms. The molecule has 0 aliphatic heterocycles. The lowest BCUT2D eigenvalue weighted by molar-refractivity contribution is 0.112. The van der Waals surface area contributed by atoms with Crippen molar-refractivity contribution in [3.8, 4) is 5.69 Å². The highest BCUT2D eigenvalue weighted by Crippen LogP contribution is 2.55. The van der Waals surface area contributed by atoms with Gasteiger partial charge < -0.3 is 5.11 Å². The number of benzene rings is 2. The summed E-state index contributed by atoms with van der Waals surface area (Å²) in [7, 11) is 0. The SMILES string of the molecule is C[C@]12Cc3cnn(-c4ccc(F)cc4)c3C=C1CC[C@@H]2C[C@H](O)c1ccc(F)cc1. The monoisotopic (exact) mass is 406 g/mol. The molecular formula is C25H24F2N2O. The third-order valence-corrected chi connectivity index (χ3v) is 6.99. The number of nitrogens with zero attached hydrogens (tertiary/aromatic N) is 2. The molecule has 1 saturated carbocycles. The minimum Gasteiger partial charge on any atom is -0.388 e. The molecule has 3 aromatic rings. The van der Waals surface area contributed by atoms with Crippen LogP contribution < -0.4 is 0 Å². The number of hydrogen-bond acceptors (Lipinski definition) is 2. The Morgan fingerprint density at radius 1 is 1.10 bits per heavy atom. The number of halogens is 2. The standard InChI is InChI=1S/C25H24F2N2O/c1-25-14-17-15-28-29(22-10-8-21(27)9-11-22)23(17)12-18(25)4-5-19(25)13-24(30)16-2-6-20(26)7-3-16/h2-3,6-12,15,19,24,30H,4-5,13-14H2,1H3/t19-,24+,25+/m1/s1. The maximum absolute atomic E-state index is 13.3. The first kappa shape index (κ1) is 19.2.